The van der Waals surface area contributed by atoms with Crippen molar-refractivity contribution in [1.82, 2.24) is 0 Å². The quantitative estimate of drug-likeness (QED) is 0.573. The van der Waals surface area contributed by atoms with Gasteiger partial charge in [0.1, 0.15) is 12.4 Å². The van der Waals surface area contributed by atoms with Crippen LogP contribution in [-0.4, -0.2) is 37.1 Å². The number of aliphatic imine (C=N–C) groups is 1. The van der Waals surface area contributed by atoms with Crippen molar-refractivity contribution >= 4 is 5.90 Å². The van der Waals surface area contributed by atoms with Crippen molar-refractivity contribution in [3.8, 4) is 5.75 Å². The van der Waals surface area contributed by atoms with E-state index in [1.54, 1.807) is 7.11 Å². The van der Waals surface area contributed by atoms with Crippen LogP contribution in [0.4, 0.5) is 0 Å². The molecule has 0 saturated heterocycles. The number of nitrogens with zero attached hydrogens (tertiary/aromatic N) is 2. The van der Waals surface area contributed by atoms with E-state index < -0.39 is 0 Å². The average molecular weight is 306 g/mol. The second-order valence-electron chi connectivity index (χ2n) is 5.84. The summed E-state index contributed by atoms with van der Waals surface area (Å²) >= 11 is 0. The Morgan fingerprint density at radius 2 is 2.27 bits per heavy atom. The van der Waals surface area contributed by atoms with Crippen LogP contribution in [0.3, 0.4) is 0 Å². The van der Waals surface area contributed by atoms with Crippen molar-refractivity contribution in [2.24, 2.45) is 10.9 Å². The van der Waals surface area contributed by atoms with Crippen molar-refractivity contribution in [2.75, 3.05) is 20.3 Å². The van der Waals surface area contributed by atoms with Gasteiger partial charge in [0.15, 0.2) is 5.90 Å². The van der Waals surface area contributed by atoms with Crippen LogP contribution in [0, 0.1) is 16.0 Å². The Bertz CT molecular complexity index is 557. The van der Waals surface area contributed by atoms with Gasteiger partial charge in [-0.25, -0.2) is 4.99 Å². The number of nitro groups is 1. The predicted octanol–water partition coefficient (Wildman–Crippen LogP) is 2.90. The lowest BCUT2D eigenvalue weighted by molar-refractivity contribution is -0.483. The monoisotopic (exact) mass is 306 g/mol. The number of methoxy groups -OCH3 is 1. The fourth-order valence-electron chi connectivity index (χ4n) is 2.47. The molecule has 120 valence electrons. The van der Waals surface area contributed by atoms with E-state index in [9.17, 15) is 10.1 Å². The molecular formula is C16H22N2O4. The summed E-state index contributed by atoms with van der Waals surface area (Å²) in [5.74, 6) is 1.45. The summed E-state index contributed by atoms with van der Waals surface area (Å²) < 4.78 is 10.8. The van der Waals surface area contributed by atoms with Crippen LogP contribution >= 0.6 is 0 Å². The lowest BCUT2D eigenvalue weighted by Gasteiger charge is -2.14. The number of rotatable bonds is 7. The second kappa shape index (κ2) is 7.24. The molecule has 1 heterocycles. The van der Waals surface area contributed by atoms with Crippen LogP contribution in [0.15, 0.2) is 29.3 Å². The Balaban J connectivity index is 2.16. The van der Waals surface area contributed by atoms with Gasteiger partial charge in [0.05, 0.1) is 19.1 Å². The molecule has 1 aliphatic rings. The molecule has 1 aromatic rings. The van der Waals surface area contributed by atoms with Crippen LogP contribution in [0.1, 0.15) is 31.7 Å². The molecule has 6 nitrogen and oxygen atoms in total. The fraction of sp³-hybridized carbons (Fsp3) is 0.562. The Morgan fingerprint density at radius 3 is 2.86 bits per heavy atom. The molecule has 0 fully saturated rings. The molecule has 6 heteroatoms. The Kier molecular flexibility index (Phi) is 5.35. The summed E-state index contributed by atoms with van der Waals surface area (Å²) in [6, 6.07) is 7.53. The van der Waals surface area contributed by atoms with Gasteiger partial charge in [-0.1, -0.05) is 26.0 Å². The van der Waals surface area contributed by atoms with Crippen LogP contribution in [0.25, 0.3) is 0 Å². The molecule has 0 aromatic heterocycles. The summed E-state index contributed by atoms with van der Waals surface area (Å²) in [5, 5.41) is 11.0. The van der Waals surface area contributed by atoms with Gasteiger partial charge in [0, 0.05) is 11.3 Å². The molecule has 0 N–H and O–H groups in total. The number of ether oxygens (including phenoxy) is 2. The highest BCUT2D eigenvalue weighted by molar-refractivity contribution is 5.78. The highest BCUT2D eigenvalue weighted by Gasteiger charge is 2.27. The lowest BCUT2D eigenvalue weighted by atomic mass is 9.95. The molecule has 1 aliphatic heterocycles. The van der Waals surface area contributed by atoms with Crippen LogP contribution in [0.2, 0.25) is 0 Å². The maximum atomic E-state index is 11.0. The van der Waals surface area contributed by atoms with Gasteiger partial charge in [-0.2, -0.15) is 0 Å². The van der Waals surface area contributed by atoms with E-state index in [1.807, 2.05) is 24.3 Å². The topological polar surface area (TPSA) is 74.0 Å². The van der Waals surface area contributed by atoms with Crippen molar-refractivity contribution < 1.29 is 14.4 Å². The first-order valence-electron chi connectivity index (χ1n) is 7.44. The first-order chi connectivity index (χ1) is 10.5. The molecule has 0 saturated carbocycles. The number of hydrogen-bond acceptors (Lipinski definition) is 5. The summed E-state index contributed by atoms with van der Waals surface area (Å²) in [5.41, 5.74) is 0.871. The molecule has 1 aromatic carbocycles. The number of hydrogen-bond donors (Lipinski definition) is 0. The van der Waals surface area contributed by atoms with E-state index in [0.29, 0.717) is 30.6 Å². The largest absolute Gasteiger partial charge is 0.497 e. The molecule has 0 spiro atoms. The molecule has 2 atom stereocenters. The van der Waals surface area contributed by atoms with Gasteiger partial charge in [-0.05, 0) is 23.6 Å². The van der Waals surface area contributed by atoms with Crippen LogP contribution in [-0.2, 0) is 4.74 Å². The van der Waals surface area contributed by atoms with Gasteiger partial charge >= 0.3 is 0 Å². The summed E-state index contributed by atoms with van der Waals surface area (Å²) in [7, 11) is 1.58. The van der Waals surface area contributed by atoms with Gasteiger partial charge in [0.25, 0.3) is 0 Å². The minimum atomic E-state index is -0.292. The van der Waals surface area contributed by atoms with Gasteiger partial charge in [0.2, 0.25) is 6.54 Å². The van der Waals surface area contributed by atoms with E-state index >= 15 is 0 Å². The maximum absolute atomic E-state index is 11.0. The molecule has 22 heavy (non-hydrogen) atoms. The molecule has 0 amide bonds. The Labute approximate surface area is 130 Å². The van der Waals surface area contributed by atoms with Crippen LogP contribution < -0.4 is 4.74 Å². The standard InChI is InChI=1S/C16H22N2O4/c1-11(2)15-10-22-16(17-15)8-13(9-18(19)20)12-5-4-6-14(7-12)21-3/h4-7,11,13,15H,8-10H2,1-3H3/t13-,15+/m0/s1. The average Bonchev–Trinajstić information content (AvgIpc) is 2.95. The van der Waals surface area contributed by atoms with E-state index in [4.69, 9.17) is 9.47 Å². The fourth-order valence-corrected chi connectivity index (χ4v) is 2.47. The first-order valence-corrected chi connectivity index (χ1v) is 7.44. The molecule has 0 bridgehead atoms. The molecule has 0 radical (unpaired) electrons. The Morgan fingerprint density at radius 1 is 1.50 bits per heavy atom. The maximum Gasteiger partial charge on any atom is 0.211 e. The highest BCUT2D eigenvalue weighted by atomic mass is 16.6. The smallest absolute Gasteiger partial charge is 0.211 e. The van der Waals surface area contributed by atoms with Crippen LogP contribution in [0.5, 0.6) is 5.75 Å². The zero-order valence-corrected chi connectivity index (χ0v) is 13.2. The normalized spacial score (nSPS) is 18.7. The van der Waals surface area contributed by atoms with Crippen molar-refractivity contribution in [3.63, 3.8) is 0 Å². The highest BCUT2D eigenvalue weighted by Crippen LogP contribution is 2.26. The lowest BCUT2D eigenvalue weighted by Crippen LogP contribution is -2.17. The minimum Gasteiger partial charge on any atom is -0.497 e. The van der Waals surface area contributed by atoms with Gasteiger partial charge in [-0.3, -0.25) is 10.1 Å². The zero-order chi connectivity index (χ0) is 16.1. The Hall–Kier alpha value is -2.11. The predicted molar refractivity (Wildman–Crippen MR) is 84.2 cm³/mol. The minimum absolute atomic E-state index is 0.150. The summed E-state index contributed by atoms with van der Waals surface area (Å²) in [6.45, 7) is 4.60. The summed E-state index contributed by atoms with van der Waals surface area (Å²) in [6.07, 6.45) is 0.442. The first kappa shape index (κ1) is 16.3. The molecular weight excluding hydrogens is 284 g/mol. The van der Waals surface area contributed by atoms with Crippen molar-refractivity contribution in [1.29, 1.82) is 0 Å². The van der Waals surface area contributed by atoms with E-state index in [1.165, 1.54) is 0 Å². The second-order valence-corrected chi connectivity index (χ2v) is 5.84. The SMILES string of the molecule is COc1cccc([C@@H](CC2=N[C@@H](C(C)C)CO2)C[N+](=O)[O-])c1. The van der Waals surface area contributed by atoms with E-state index in [-0.39, 0.29) is 23.4 Å². The van der Waals surface area contributed by atoms with E-state index in [0.717, 1.165) is 5.56 Å². The third kappa shape index (κ3) is 4.19. The molecule has 0 aliphatic carbocycles. The van der Waals surface area contributed by atoms with Crippen molar-refractivity contribution in [2.45, 2.75) is 32.2 Å². The third-order valence-corrected chi connectivity index (χ3v) is 3.86. The zero-order valence-electron chi connectivity index (χ0n) is 13.2. The molecule has 0 unspecified atom stereocenters. The third-order valence-electron chi connectivity index (χ3n) is 3.86. The molecule has 2 rings (SSSR count). The summed E-state index contributed by atoms with van der Waals surface area (Å²) in [4.78, 5) is 15.2. The number of benzene rings is 1. The van der Waals surface area contributed by atoms with E-state index in [2.05, 4.69) is 18.8 Å². The van der Waals surface area contributed by atoms with Crippen molar-refractivity contribution in [3.05, 3.63) is 39.9 Å². The van der Waals surface area contributed by atoms with Gasteiger partial charge < -0.3 is 9.47 Å². The van der Waals surface area contributed by atoms with Gasteiger partial charge in [-0.15, -0.1) is 0 Å².